The minimum absolute atomic E-state index is 0.584. The first kappa shape index (κ1) is 19.1. The quantitative estimate of drug-likeness (QED) is 0.486. The molecular formula is C20H26N6S. The number of hydrogen-bond acceptors (Lipinski definition) is 4. The van der Waals surface area contributed by atoms with Crippen molar-refractivity contribution in [3.8, 4) is 5.69 Å². The van der Waals surface area contributed by atoms with E-state index < -0.39 is 0 Å². The topological polar surface area (TPSA) is 67.1 Å². The number of nitrogens with zero attached hydrogens (tertiary/aromatic N) is 4. The second kappa shape index (κ2) is 9.32. The maximum atomic E-state index is 4.74. The molecule has 0 spiro atoms. The molecule has 1 aromatic carbocycles. The second-order valence-corrected chi connectivity index (χ2v) is 7.49. The van der Waals surface area contributed by atoms with E-state index in [2.05, 4.69) is 53.6 Å². The van der Waals surface area contributed by atoms with Crippen LogP contribution in [0.4, 0.5) is 0 Å². The molecule has 6 nitrogen and oxygen atoms in total. The molecule has 0 saturated heterocycles. The van der Waals surface area contributed by atoms with Crippen molar-refractivity contribution in [2.75, 3.05) is 13.1 Å². The SMILES string of the molecule is CCNC(=NCc1ccccc1-n1cccn1)NCCc1nc(C)c(C)s1. The Labute approximate surface area is 164 Å². The van der Waals surface area contributed by atoms with Crippen molar-refractivity contribution < 1.29 is 0 Å². The number of thiazole rings is 1. The fraction of sp³-hybridized carbons (Fsp3) is 0.350. The van der Waals surface area contributed by atoms with Crippen LogP contribution in [0.25, 0.3) is 5.69 Å². The molecule has 0 atom stereocenters. The summed E-state index contributed by atoms with van der Waals surface area (Å²) in [5.74, 6) is 0.817. The van der Waals surface area contributed by atoms with Gasteiger partial charge in [0.1, 0.15) is 0 Å². The van der Waals surface area contributed by atoms with Crippen LogP contribution in [0.3, 0.4) is 0 Å². The molecule has 0 aliphatic carbocycles. The molecule has 27 heavy (non-hydrogen) atoms. The third-order valence-electron chi connectivity index (χ3n) is 4.20. The smallest absolute Gasteiger partial charge is 0.191 e. The molecule has 0 amide bonds. The Bertz CT molecular complexity index is 862. The van der Waals surface area contributed by atoms with Gasteiger partial charge in [-0.15, -0.1) is 11.3 Å². The van der Waals surface area contributed by atoms with Gasteiger partial charge in [0, 0.05) is 36.8 Å². The molecule has 0 fully saturated rings. The number of rotatable bonds is 7. The zero-order chi connectivity index (χ0) is 19.1. The summed E-state index contributed by atoms with van der Waals surface area (Å²) in [7, 11) is 0. The summed E-state index contributed by atoms with van der Waals surface area (Å²) in [4.78, 5) is 10.6. The van der Waals surface area contributed by atoms with Gasteiger partial charge in [0.2, 0.25) is 0 Å². The summed E-state index contributed by atoms with van der Waals surface area (Å²) < 4.78 is 1.87. The maximum Gasteiger partial charge on any atom is 0.191 e. The Morgan fingerprint density at radius 1 is 1.19 bits per heavy atom. The Kier molecular flexibility index (Phi) is 6.59. The van der Waals surface area contributed by atoms with E-state index in [1.165, 1.54) is 4.88 Å². The molecular weight excluding hydrogens is 356 g/mol. The Morgan fingerprint density at radius 2 is 2.04 bits per heavy atom. The first-order valence-electron chi connectivity index (χ1n) is 9.20. The zero-order valence-electron chi connectivity index (χ0n) is 16.1. The van der Waals surface area contributed by atoms with Gasteiger partial charge in [-0.1, -0.05) is 18.2 Å². The Hall–Kier alpha value is -2.67. The van der Waals surface area contributed by atoms with Crippen LogP contribution in [-0.2, 0) is 13.0 Å². The van der Waals surface area contributed by atoms with E-state index in [1.807, 2.05) is 29.1 Å². The second-order valence-electron chi connectivity index (χ2n) is 6.20. The third-order valence-corrected chi connectivity index (χ3v) is 5.33. The van der Waals surface area contributed by atoms with Crippen LogP contribution < -0.4 is 10.6 Å². The highest BCUT2D eigenvalue weighted by atomic mass is 32.1. The van der Waals surface area contributed by atoms with Crippen LogP contribution in [0.2, 0.25) is 0 Å². The van der Waals surface area contributed by atoms with Gasteiger partial charge in [-0.3, -0.25) is 0 Å². The molecule has 142 valence electrons. The van der Waals surface area contributed by atoms with E-state index in [9.17, 15) is 0 Å². The van der Waals surface area contributed by atoms with Crippen molar-refractivity contribution in [3.63, 3.8) is 0 Å². The monoisotopic (exact) mass is 382 g/mol. The largest absolute Gasteiger partial charge is 0.357 e. The van der Waals surface area contributed by atoms with Crippen molar-refractivity contribution in [3.05, 3.63) is 63.9 Å². The lowest BCUT2D eigenvalue weighted by Gasteiger charge is -2.12. The molecule has 2 heterocycles. The van der Waals surface area contributed by atoms with E-state index in [0.29, 0.717) is 6.54 Å². The van der Waals surface area contributed by atoms with Crippen LogP contribution in [-0.4, -0.2) is 33.8 Å². The van der Waals surface area contributed by atoms with Gasteiger partial charge in [0.25, 0.3) is 0 Å². The van der Waals surface area contributed by atoms with Gasteiger partial charge in [-0.25, -0.2) is 14.7 Å². The van der Waals surface area contributed by atoms with Crippen LogP contribution in [0.5, 0.6) is 0 Å². The number of aliphatic imine (C=N–C) groups is 1. The van der Waals surface area contributed by atoms with Gasteiger partial charge in [0.15, 0.2) is 5.96 Å². The van der Waals surface area contributed by atoms with Crippen molar-refractivity contribution in [1.29, 1.82) is 0 Å². The predicted octanol–water partition coefficient (Wildman–Crippen LogP) is 3.24. The minimum Gasteiger partial charge on any atom is -0.357 e. The molecule has 3 rings (SSSR count). The standard InChI is InChI=1S/C20H26N6S/c1-4-21-20(22-12-10-19-25-15(2)16(3)27-19)23-14-17-8-5-6-9-18(17)26-13-7-11-24-26/h5-9,11,13H,4,10,12,14H2,1-3H3,(H2,21,22,23). The predicted molar refractivity (Wildman–Crippen MR) is 112 cm³/mol. The summed E-state index contributed by atoms with van der Waals surface area (Å²) in [6.07, 6.45) is 4.63. The molecule has 0 aliphatic heterocycles. The summed E-state index contributed by atoms with van der Waals surface area (Å²) in [6, 6.07) is 10.1. The molecule has 2 aromatic heterocycles. The highest BCUT2D eigenvalue weighted by molar-refractivity contribution is 7.11. The fourth-order valence-electron chi connectivity index (χ4n) is 2.72. The first-order valence-corrected chi connectivity index (χ1v) is 10.0. The lowest BCUT2D eigenvalue weighted by molar-refractivity contribution is 0.792. The molecule has 0 bridgehead atoms. The lowest BCUT2D eigenvalue weighted by Crippen LogP contribution is -2.38. The average Bonchev–Trinajstić information content (AvgIpc) is 3.30. The summed E-state index contributed by atoms with van der Waals surface area (Å²) >= 11 is 1.77. The zero-order valence-corrected chi connectivity index (χ0v) is 16.9. The Balaban J connectivity index is 1.64. The van der Waals surface area contributed by atoms with Gasteiger partial charge in [-0.2, -0.15) is 5.10 Å². The van der Waals surface area contributed by atoms with Crippen LogP contribution in [0, 0.1) is 13.8 Å². The number of hydrogen-bond donors (Lipinski definition) is 2. The third kappa shape index (κ3) is 5.17. The van der Waals surface area contributed by atoms with E-state index in [1.54, 1.807) is 17.5 Å². The van der Waals surface area contributed by atoms with Crippen molar-refractivity contribution >= 4 is 17.3 Å². The van der Waals surface area contributed by atoms with Crippen molar-refractivity contribution in [1.82, 2.24) is 25.4 Å². The lowest BCUT2D eigenvalue weighted by atomic mass is 10.2. The first-order chi connectivity index (χ1) is 13.2. The number of benzene rings is 1. The number of aryl methyl sites for hydroxylation is 2. The van der Waals surface area contributed by atoms with Gasteiger partial charge in [-0.05, 0) is 38.5 Å². The van der Waals surface area contributed by atoms with Crippen molar-refractivity contribution in [2.45, 2.75) is 33.7 Å². The van der Waals surface area contributed by atoms with Gasteiger partial charge in [0.05, 0.1) is 22.9 Å². The highest BCUT2D eigenvalue weighted by Gasteiger charge is 2.06. The molecule has 7 heteroatoms. The molecule has 2 N–H and O–H groups in total. The number of guanidine groups is 1. The molecule has 3 aromatic rings. The van der Waals surface area contributed by atoms with Gasteiger partial charge >= 0.3 is 0 Å². The van der Waals surface area contributed by atoms with E-state index in [-0.39, 0.29) is 0 Å². The van der Waals surface area contributed by atoms with E-state index in [4.69, 9.17) is 4.99 Å². The van der Waals surface area contributed by atoms with Gasteiger partial charge < -0.3 is 10.6 Å². The summed E-state index contributed by atoms with van der Waals surface area (Å²) in [5.41, 5.74) is 3.31. The molecule has 0 radical (unpaired) electrons. The van der Waals surface area contributed by atoms with Crippen LogP contribution >= 0.6 is 11.3 Å². The maximum absolute atomic E-state index is 4.74. The molecule has 0 aliphatic rings. The molecule has 0 unspecified atom stereocenters. The molecule has 0 saturated carbocycles. The number of nitrogens with one attached hydrogen (secondary N) is 2. The number of para-hydroxylation sites is 1. The van der Waals surface area contributed by atoms with E-state index >= 15 is 0 Å². The van der Waals surface area contributed by atoms with Crippen molar-refractivity contribution in [2.24, 2.45) is 4.99 Å². The summed E-state index contributed by atoms with van der Waals surface area (Å²) in [6.45, 7) is 8.46. The summed E-state index contributed by atoms with van der Waals surface area (Å²) in [5, 5.41) is 12.2. The minimum atomic E-state index is 0.584. The Morgan fingerprint density at radius 3 is 2.74 bits per heavy atom. The highest BCUT2D eigenvalue weighted by Crippen LogP contribution is 2.16. The number of aromatic nitrogens is 3. The van der Waals surface area contributed by atoms with Crippen LogP contribution in [0.1, 0.15) is 28.1 Å². The normalized spacial score (nSPS) is 11.6. The fourth-order valence-corrected chi connectivity index (χ4v) is 3.65. The average molecular weight is 383 g/mol. The van der Waals surface area contributed by atoms with E-state index in [0.717, 1.165) is 47.4 Å². The van der Waals surface area contributed by atoms with Crippen LogP contribution in [0.15, 0.2) is 47.7 Å².